The van der Waals surface area contributed by atoms with Crippen molar-refractivity contribution >= 4 is 16.6 Å². The Bertz CT molecular complexity index is 491. The molecule has 15 heavy (non-hydrogen) atoms. The van der Waals surface area contributed by atoms with E-state index >= 15 is 0 Å². The van der Waals surface area contributed by atoms with E-state index in [1.54, 1.807) is 11.2 Å². The molecule has 0 aliphatic heterocycles. The number of hydrogen-bond donors (Lipinski definition) is 0. The van der Waals surface area contributed by atoms with Crippen molar-refractivity contribution in [3.63, 3.8) is 0 Å². The molecular formula is C11H12N4. The summed E-state index contributed by atoms with van der Waals surface area (Å²) < 4.78 is 0. The van der Waals surface area contributed by atoms with Crippen molar-refractivity contribution in [3.05, 3.63) is 36.5 Å². The zero-order chi connectivity index (χ0) is 10.7. The number of hydrogen-bond acceptors (Lipinski definition) is 3. The van der Waals surface area contributed by atoms with Gasteiger partial charge in [0.05, 0.1) is 11.7 Å². The lowest BCUT2D eigenvalue weighted by atomic mass is 10.2. The number of benzene rings is 1. The monoisotopic (exact) mass is 200 g/mol. The Kier molecular flexibility index (Phi) is 2.58. The number of rotatable bonds is 2. The Hall–Kier alpha value is -1.97. The Labute approximate surface area is 88.2 Å². The molecule has 76 valence electrons. The van der Waals surface area contributed by atoms with Crippen molar-refractivity contribution in [3.8, 4) is 0 Å². The second-order valence-electron chi connectivity index (χ2n) is 3.42. The van der Waals surface area contributed by atoms with Gasteiger partial charge >= 0.3 is 0 Å². The van der Waals surface area contributed by atoms with Crippen molar-refractivity contribution in [2.24, 2.45) is 10.3 Å². The molecule has 4 heteroatoms. The van der Waals surface area contributed by atoms with E-state index in [4.69, 9.17) is 0 Å². The number of nitrogens with zero attached hydrogens (tertiary/aromatic N) is 4. The van der Waals surface area contributed by atoms with E-state index in [1.807, 2.05) is 44.4 Å². The van der Waals surface area contributed by atoms with Gasteiger partial charge in [-0.2, -0.15) is 0 Å². The van der Waals surface area contributed by atoms with Crippen LogP contribution in [0, 0.1) is 0 Å². The summed E-state index contributed by atoms with van der Waals surface area (Å²) in [6.07, 6.45) is 1.72. The van der Waals surface area contributed by atoms with Crippen LogP contribution in [-0.4, -0.2) is 24.1 Å². The van der Waals surface area contributed by atoms with Gasteiger partial charge in [0, 0.05) is 19.5 Å². The van der Waals surface area contributed by atoms with Gasteiger partial charge < -0.3 is 0 Å². The molecule has 0 amide bonds. The van der Waals surface area contributed by atoms with Crippen LogP contribution in [0.3, 0.4) is 0 Å². The fourth-order valence-electron chi connectivity index (χ4n) is 1.26. The van der Waals surface area contributed by atoms with E-state index in [-0.39, 0.29) is 0 Å². The van der Waals surface area contributed by atoms with Crippen LogP contribution in [0.15, 0.2) is 46.9 Å². The Balaban J connectivity index is 2.39. The number of pyridine rings is 1. The second-order valence-corrected chi connectivity index (χ2v) is 3.42. The molecule has 1 aromatic carbocycles. The normalized spacial score (nSPS) is 11.1. The Morgan fingerprint density at radius 3 is 2.80 bits per heavy atom. The molecule has 0 unspecified atom stereocenters. The van der Waals surface area contributed by atoms with Gasteiger partial charge in [0.2, 0.25) is 0 Å². The summed E-state index contributed by atoms with van der Waals surface area (Å²) in [6.45, 7) is 0. The molecule has 0 N–H and O–H groups in total. The molecule has 1 aromatic heterocycles. The molecule has 0 spiro atoms. The average molecular weight is 200 g/mol. The molecular weight excluding hydrogens is 188 g/mol. The lowest BCUT2D eigenvalue weighted by Crippen LogP contribution is -1.98. The topological polar surface area (TPSA) is 40.9 Å². The van der Waals surface area contributed by atoms with E-state index < -0.39 is 0 Å². The molecule has 0 saturated heterocycles. The Morgan fingerprint density at radius 2 is 2.00 bits per heavy atom. The molecule has 0 bridgehead atoms. The highest BCUT2D eigenvalue weighted by atomic mass is 15.5. The SMILES string of the molecule is CN(C)N=Nc1cnc2ccccc2c1. The minimum absolute atomic E-state index is 0.766. The van der Waals surface area contributed by atoms with E-state index in [1.165, 1.54) is 0 Å². The summed E-state index contributed by atoms with van der Waals surface area (Å²) in [5.74, 6) is 0. The molecule has 0 radical (unpaired) electrons. The quantitative estimate of drug-likeness (QED) is 0.552. The number of para-hydroxylation sites is 1. The summed E-state index contributed by atoms with van der Waals surface area (Å²) in [6, 6.07) is 9.90. The summed E-state index contributed by atoms with van der Waals surface area (Å²) in [4.78, 5) is 4.29. The van der Waals surface area contributed by atoms with Crippen LogP contribution < -0.4 is 0 Å². The maximum atomic E-state index is 4.29. The minimum Gasteiger partial charge on any atom is -0.285 e. The van der Waals surface area contributed by atoms with Crippen LogP contribution in [0.5, 0.6) is 0 Å². The molecule has 1 heterocycles. The molecule has 0 atom stereocenters. The van der Waals surface area contributed by atoms with Crippen LogP contribution in [0.1, 0.15) is 0 Å². The first-order valence-corrected chi connectivity index (χ1v) is 4.69. The van der Waals surface area contributed by atoms with Gasteiger partial charge in [-0.3, -0.25) is 9.99 Å². The first-order valence-electron chi connectivity index (χ1n) is 4.69. The maximum Gasteiger partial charge on any atom is 0.106 e. The van der Waals surface area contributed by atoms with Crippen LogP contribution in [-0.2, 0) is 0 Å². The summed E-state index contributed by atoms with van der Waals surface area (Å²) in [5, 5.41) is 10.7. The minimum atomic E-state index is 0.766. The molecule has 2 aromatic rings. The van der Waals surface area contributed by atoms with Crippen LogP contribution in [0.4, 0.5) is 5.69 Å². The average Bonchev–Trinajstić information content (AvgIpc) is 2.26. The Morgan fingerprint density at radius 1 is 1.20 bits per heavy atom. The highest BCUT2D eigenvalue weighted by Crippen LogP contribution is 2.18. The predicted octanol–water partition coefficient (Wildman–Crippen LogP) is 2.80. The third-order valence-electron chi connectivity index (χ3n) is 1.92. The zero-order valence-corrected chi connectivity index (χ0v) is 8.75. The summed E-state index contributed by atoms with van der Waals surface area (Å²) >= 11 is 0. The highest BCUT2D eigenvalue weighted by Gasteiger charge is 1.95. The van der Waals surface area contributed by atoms with E-state index in [9.17, 15) is 0 Å². The van der Waals surface area contributed by atoms with Gasteiger partial charge in [0.1, 0.15) is 5.69 Å². The standard InChI is InChI=1S/C11H12N4/c1-15(2)14-13-10-7-9-5-3-4-6-11(9)12-8-10/h3-8H,1-2H3. The molecule has 4 nitrogen and oxygen atoms in total. The first-order chi connectivity index (χ1) is 7.25. The van der Waals surface area contributed by atoms with Crippen LogP contribution in [0.2, 0.25) is 0 Å². The molecule has 2 rings (SSSR count). The van der Waals surface area contributed by atoms with Crippen molar-refractivity contribution in [1.29, 1.82) is 0 Å². The van der Waals surface area contributed by atoms with E-state index in [0.717, 1.165) is 16.6 Å². The smallest absolute Gasteiger partial charge is 0.106 e. The van der Waals surface area contributed by atoms with Gasteiger partial charge in [0.25, 0.3) is 0 Å². The predicted molar refractivity (Wildman–Crippen MR) is 59.9 cm³/mol. The van der Waals surface area contributed by atoms with Gasteiger partial charge in [-0.15, -0.1) is 5.11 Å². The summed E-state index contributed by atoms with van der Waals surface area (Å²) in [7, 11) is 3.66. The van der Waals surface area contributed by atoms with Gasteiger partial charge in [-0.05, 0) is 12.1 Å². The van der Waals surface area contributed by atoms with Crippen LogP contribution >= 0.6 is 0 Å². The second kappa shape index (κ2) is 4.04. The number of fused-ring (bicyclic) bond motifs is 1. The first kappa shape index (κ1) is 9.58. The van der Waals surface area contributed by atoms with Gasteiger partial charge in [-0.1, -0.05) is 23.4 Å². The lowest BCUT2D eigenvalue weighted by Gasteiger charge is -2.01. The summed E-state index contributed by atoms with van der Waals surface area (Å²) in [5.41, 5.74) is 1.74. The van der Waals surface area contributed by atoms with E-state index in [0.29, 0.717) is 0 Å². The molecule has 0 saturated carbocycles. The number of aromatic nitrogens is 1. The lowest BCUT2D eigenvalue weighted by molar-refractivity contribution is 0.408. The van der Waals surface area contributed by atoms with Crippen LogP contribution in [0.25, 0.3) is 10.9 Å². The van der Waals surface area contributed by atoms with Crippen molar-refractivity contribution in [2.45, 2.75) is 0 Å². The fraction of sp³-hybridized carbons (Fsp3) is 0.182. The highest BCUT2D eigenvalue weighted by molar-refractivity contribution is 5.80. The van der Waals surface area contributed by atoms with Gasteiger partial charge in [-0.25, -0.2) is 0 Å². The van der Waals surface area contributed by atoms with Crippen molar-refractivity contribution in [1.82, 2.24) is 9.99 Å². The third-order valence-corrected chi connectivity index (χ3v) is 1.92. The third kappa shape index (κ3) is 2.28. The van der Waals surface area contributed by atoms with Crippen molar-refractivity contribution in [2.75, 3.05) is 14.1 Å². The molecule has 0 aliphatic rings. The zero-order valence-electron chi connectivity index (χ0n) is 8.75. The fourth-order valence-corrected chi connectivity index (χ4v) is 1.26. The maximum absolute atomic E-state index is 4.29. The molecule has 0 aliphatic carbocycles. The van der Waals surface area contributed by atoms with E-state index in [2.05, 4.69) is 15.3 Å². The van der Waals surface area contributed by atoms with Crippen molar-refractivity contribution < 1.29 is 0 Å². The van der Waals surface area contributed by atoms with Gasteiger partial charge in [0.15, 0.2) is 0 Å². The largest absolute Gasteiger partial charge is 0.285 e. The molecule has 0 fully saturated rings.